The maximum Gasteiger partial charge on any atom is 0.123 e. The van der Waals surface area contributed by atoms with Crippen molar-refractivity contribution >= 4 is 11.3 Å². The van der Waals surface area contributed by atoms with Gasteiger partial charge in [-0.1, -0.05) is 24.3 Å². The molecule has 0 aliphatic heterocycles. The Morgan fingerprint density at radius 1 is 0.684 bits per heavy atom. The Balaban J connectivity index is 2.00. The van der Waals surface area contributed by atoms with Crippen molar-refractivity contribution in [2.24, 2.45) is 0 Å². The van der Waals surface area contributed by atoms with Crippen LogP contribution in [-0.2, 0) is 0 Å². The summed E-state index contributed by atoms with van der Waals surface area (Å²) in [5.41, 5.74) is 2.62. The summed E-state index contributed by atoms with van der Waals surface area (Å²) in [5, 5.41) is 1.95. The monoisotopic (exact) mass is 272 g/mol. The third-order valence-corrected chi connectivity index (χ3v) is 3.85. The summed E-state index contributed by atoms with van der Waals surface area (Å²) in [4.78, 5) is 0.971. The van der Waals surface area contributed by atoms with Gasteiger partial charge in [0, 0.05) is 4.88 Å². The molecule has 0 saturated carbocycles. The van der Waals surface area contributed by atoms with Gasteiger partial charge in [0.05, 0.1) is 0 Å². The van der Waals surface area contributed by atoms with Crippen LogP contribution in [0.3, 0.4) is 0 Å². The van der Waals surface area contributed by atoms with Gasteiger partial charge in [-0.15, -0.1) is 11.3 Å². The lowest BCUT2D eigenvalue weighted by atomic mass is 10.1. The molecule has 0 radical (unpaired) electrons. The van der Waals surface area contributed by atoms with E-state index in [0.29, 0.717) is 0 Å². The van der Waals surface area contributed by atoms with E-state index >= 15 is 0 Å². The molecule has 2 aromatic carbocycles. The van der Waals surface area contributed by atoms with E-state index in [2.05, 4.69) is 0 Å². The predicted molar refractivity (Wildman–Crippen MR) is 75.1 cm³/mol. The summed E-state index contributed by atoms with van der Waals surface area (Å²) in [6.45, 7) is 0. The number of benzene rings is 2. The summed E-state index contributed by atoms with van der Waals surface area (Å²) < 4.78 is 26.4. The summed E-state index contributed by atoms with van der Waals surface area (Å²) in [6.07, 6.45) is 0. The molecule has 0 saturated heterocycles. The van der Waals surface area contributed by atoms with Crippen LogP contribution in [0.15, 0.2) is 60.0 Å². The van der Waals surface area contributed by atoms with Crippen molar-refractivity contribution in [1.29, 1.82) is 0 Å². The fourth-order valence-electron chi connectivity index (χ4n) is 1.95. The standard InChI is InChI=1S/C16H10F2S/c17-14-5-1-3-11(7-14)13-9-16(19-10-13)12-4-2-6-15(18)8-12/h1-10H. The fourth-order valence-corrected chi connectivity index (χ4v) is 2.86. The number of hydrogen-bond donors (Lipinski definition) is 0. The average molecular weight is 272 g/mol. The Bertz CT molecular complexity index is 656. The highest BCUT2D eigenvalue weighted by molar-refractivity contribution is 7.14. The zero-order valence-electron chi connectivity index (χ0n) is 9.94. The average Bonchev–Trinajstić information content (AvgIpc) is 2.88. The zero-order chi connectivity index (χ0) is 13.2. The molecule has 0 aliphatic carbocycles. The number of rotatable bonds is 2. The number of thiophene rings is 1. The topological polar surface area (TPSA) is 0 Å². The van der Waals surface area contributed by atoms with E-state index in [1.54, 1.807) is 12.1 Å². The molecule has 0 N–H and O–H groups in total. The van der Waals surface area contributed by atoms with Crippen molar-refractivity contribution < 1.29 is 8.78 Å². The van der Waals surface area contributed by atoms with Gasteiger partial charge >= 0.3 is 0 Å². The molecule has 0 aliphatic rings. The third kappa shape index (κ3) is 2.56. The molecule has 0 spiro atoms. The molecule has 3 aromatic rings. The van der Waals surface area contributed by atoms with Crippen LogP contribution in [0.4, 0.5) is 8.78 Å². The van der Waals surface area contributed by atoms with Gasteiger partial charge in [0.25, 0.3) is 0 Å². The van der Waals surface area contributed by atoms with Gasteiger partial charge in [-0.3, -0.25) is 0 Å². The molecule has 3 heteroatoms. The van der Waals surface area contributed by atoms with Crippen LogP contribution in [0.1, 0.15) is 0 Å². The zero-order valence-corrected chi connectivity index (χ0v) is 10.8. The van der Waals surface area contributed by atoms with Gasteiger partial charge in [0.2, 0.25) is 0 Å². The number of halogens is 2. The van der Waals surface area contributed by atoms with Crippen molar-refractivity contribution in [2.45, 2.75) is 0 Å². The van der Waals surface area contributed by atoms with Crippen LogP contribution in [0.2, 0.25) is 0 Å². The molecule has 0 fully saturated rings. The van der Waals surface area contributed by atoms with E-state index in [9.17, 15) is 8.78 Å². The molecule has 0 amide bonds. The Labute approximate surface area is 114 Å². The van der Waals surface area contributed by atoms with E-state index in [-0.39, 0.29) is 11.6 Å². The maximum absolute atomic E-state index is 13.2. The molecule has 3 rings (SSSR count). The van der Waals surface area contributed by atoms with Gasteiger partial charge in [0.15, 0.2) is 0 Å². The smallest absolute Gasteiger partial charge is 0.123 e. The summed E-state index contributed by atoms with van der Waals surface area (Å²) in [5.74, 6) is -0.505. The molecule has 1 aromatic heterocycles. The second-order valence-electron chi connectivity index (χ2n) is 4.22. The van der Waals surface area contributed by atoms with Crippen LogP contribution in [-0.4, -0.2) is 0 Å². The summed E-state index contributed by atoms with van der Waals surface area (Å²) in [7, 11) is 0. The highest BCUT2D eigenvalue weighted by atomic mass is 32.1. The first-order valence-corrected chi connectivity index (χ1v) is 6.71. The van der Waals surface area contributed by atoms with E-state index in [1.165, 1.54) is 35.6 Å². The van der Waals surface area contributed by atoms with Crippen molar-refractivity contribution in [3.63, 3.8) is 0 Å². The quantitative estimate of drug-likeness (QED) is 0.589. The van der Waals surface area contributed by atoms with E-state index in [1.807, 2.05) is 23.6 Å². The Kier molecular flexibility index (Phi) is 3.13. The van der Waals surface area contributed by atoms with Crippen LogP contribution in [0.5, 0.6) is 0 Å². The highest BCUT2D eigenvalue weighted by Crippen LogP contribution is 2.32. The van der Waals surface area contributed by atoms with Crippen LogP contribution < -0.4 is 0 Å². The van der Waals surface area contributed by atoms with Crippen LogP contribution in [0.25, 0.3) is 21.6 Å². The summed E-state index contributed by atoms with van der Waals surface area (Å²) >= 11 is 1.52. The third-order valence-electron chi connectivity index (χ3n) is 2.87. The normalized spacial score (nSPS) is 10.6. The van der Waals surface area contributed by atoms with Crippen molar-refractivity contribution in [3.05, 3.63) is 71.6 Å². The largest absolute Gasteiger partial charge is 0.207 e. The Morgan fingerprint density at radius 3 is 2.00 bits per heavy atom. The molecule has 1 heterocycles. The predicted octanol–water partition coefficient (Wildman–Crippen LogP) is 5.36. The number of hydrogen-bond acceptors (Lipinski definition) is 1. The van der Waals surface area contributed by atoms with Crippen LogP contribution in [0, 0.1) is 11.6 Å². The van der Waals surface area contributed by atoms with Gasteiger partial charge in [-0.05, 0) is 52.4 Å². The molecule has 0 atom stereocenters. The summed E-state index contributed by atoms with van der Waals surface area (Å²) in [6, 6.07) is 14.9. The maximum atomic E-state index is 13.2. The molecule has 19 heavy (non-hydrogen) atoms. The van der Waals surface area contributed by atoms with Gasteiger partial charge < -0.3 is 0 Å². The van der Waals surface area contributed by atoms with Crippen molar-refractivity contribution in [3.8, 4) is 21.6 Å². The lowest BCUT2D eigenvalue weighted by Gasteiger charge is -1.98. The second kappa shape index (κ2) is 4.94. The van der Waals surface area contributed by atoms with E-state index < -0.39 is 0 Å². The first kappa shape index (κ1) is 12.1. The molecule has 0 unspecified atom stereocenters. The van der Waals surface area contributed by atoms with Gasteiger partial charge in [0.1, 0.15) is 11.6 Å². The van der Waals surface area contributed by atoms with Crippen LogP contribution >= 0.6 is 11.3 Å². The lowest BCUT2D eigenvalue weighted by Crippen LogP contribution is -1.77. The Hall–Kier alpha value is -2.00. The minimum absolute atomic E-state index is 0.252. The SMILES string of the molecule is Fc1cccc(-c2csc(-c3cccc(F)c3)c2)c1. The molecular formula is C16H10F2S. The minimum atomic E-state index is -0.254. The fraction of sp³-hybridized carbons (Fsp3) is 0. The van der Waals surface area contributed by atoms with E-state index in [0.717, 1.165) is 21.6 Å². The minimum Gasteiger partial charge on any atom is -0.207 e. The second-order valence-corrected chi connectivity index (χ2v) is 5.13. The van der Waals surface area contributed by atoms with Crippen molar-refractivity contribution in [1.82, 2.24) is 0 Å². The van der Waals surface area contributed by atoms with Gasteiger partial charge in [-0.2, -0.15) is 0 Å². The highest BCUT2D eigenvalue weighted by Gasteiger charge is 2.06. The first-order valence-electron chi connectivity index (χ1n) is 5.83. The Morgan fingerprint density at radius 2 is 1.32 bits per heavy atom. The van der Waals surface area contributed by atoms with Gasteiger partial charge in [-0.25, -0.2) is 8.78 Å². The first-order chi connectivity index (χ1) is 9.22. The lowest BCUT2D eigenvalue weighted by molar-refractivity contribution is 0.628. The van der Waals surface area contributed by atoms with Crippen molar-refractivity contribution in [2.75, 3.05) is 0 Å². The van der Waals surface area contributed by atoms with E-state index in [4.69, 9.17) is 0 Å². The molecule has 94 valence electrons. The molecule has 0 nitrogen and oxygen atoms in total. The molecule has 0 bridgehead atoms. The molecular weight excluding hydrogens is 262 g/mol.